The molecule has 0 spiro atoms. The summed E-state index contributed by atoms with van der Waals surface area (Å²) in [5, 5.41) is 9.01. The predicted molar refractivity (Wildman–Crippen MR) is 86.8 cm³/mol. The van der Waals surface area contributed by atoms with Crippen LogP contribution in [0.5, 0.6) is 0 Å². The maximum absolute atomic E-state index is 13.3. The Morgan fingerprint density at radius 2 is 1.70 bits per heavy atom. The Bertz CT molecular complexity index is 828. The molecule has 2 aromatic carbocycles. The highest BCUT2D eigenvalue weighted by Gasteiger charge is 2.12. The third-order valence-corrected chi connectivity index (χ3v) is 4.44. The topological polar surface area (TPSA) is 30.7 Å². The number of halogens is 2. The fourth-order valence-corrected chi connectivity index (χ4v) is 3.15. The van der Waals surface area contributed by atoms with E-state index in [1.165, 1.54) is 23.4 Å². The lowest BCUT2D eigenvalue weighted by Crippen LogP contribution is -1.99. The summed E-state index contributed by atoms with van der Waals surface area (Å²) >= 11 is 1.43. The highest BCUT2D eigenvalue weighted by Crippen LogP contribution is 2.25. The minimum absolute atomic E-state index is 0.487. The molecule has 0 aliphatic heterocycles. The average molecular weight is 331 g/mol. The summed E-state index contributed by atoms with van der Waals surface area (Å²) in [6, 6.07) is 12.0. The van der Waals surface area contributed by atoms with Crippen molar-refractivity contribution in [2.45, 2.75) is 24.8 Å². The molecular weight excluding hydrogens is 316 g/mol. The smallest absolute Gasteiger partial charge is 0.196 e. The lowest BCUT2D eigenvalue weighted by molar-refractivity contribution is 0.507. The van der Waals surface area contributed by atoms with Crippen molar-refractivity contribution in [3.63, 3.8) is 0 Å². The molecule has 6 heteroatoms. The van der Waals surface area contributed by atoms with Gasteiger partial charge in [0.15, 0.2) is 16.8 Å². The quantitative estimate of drug-likeness (QED) is 0.662. The van der Waals surface area contributed by atoms with Crippen molar-refractivity contribution in [3.8, 4) is 5.69 Å². The van der Waals surface area contributed by atoms with Crippen LogP contribution in [0.3, 0.4) is 0 Å². The Balaban J connectivity index is 1.83. The van der Waals surface area contributed by atoms with E-state index in [1.807, 2.05) is 42.7 Å². The molecular formula is C17H15F2N3S. The summed E-state index contributed by atoms with van der Waals surface area (Å²) < 4.78 is 28.2. The van der Waals surface area contributed by atoms with E-state index in [0.717, 1.165) is 22.7 Å². The molecule has 0 aliphatic carbocycles. The van der Waals surface area contributed by atoms with Gasteiger partial charge in [0, 0.05) is 11.4 Å². The van der Waals surface area contributed by atoms with Crippen LogP contribution in [0.1, 0.15) is 17.0 Å². The third-order valence-electron chi connectivity index (χ3n) is 3.44. The first kappa shape index (κ1) is 15.7. The van der Waals surface area contributed by atoms with E-state index in [2.05, 4.69) is 10.2 Å². The maximum Gasteiger partial charge on any atom is 0.196 e. The van der Waals surface area contributed by atoms with Crippen molar-refractivity contribution < 1.29 is 8.78 Å². The highest BCUT2D eigenvalue weighted by molar-refractivity contribution is 7.98. The Morgan fingerprint density at radius 1 is 0.957 bits per heavy atom. The van der Waals surface area contributed by atoms with Gasteiger partial charge in [0.25, 0.3) is 0 Å². The molecule has 23 heavy (non-hydrogen) atoms. The van der Waals surface area contributed by atoms with Crippen LogP contribution in [0.4, 0.5) is 8.78 Å². The largest absolute Gasteiger partial charge is 0.274 e. The minimum Gasteiger partial charge on any atom is -0.274 e. The number of rotatable bonds is 4. The van der Waals surface area contributed by atoms with E-state index in [4.69, 9.17) is 0 Å². The molecule has 3 aromatic rings. The summed E-state index contributed by atoms with van der Waals surface area (Å²) in [4.78, 5) is 0. The van der Waals surface area contributed by atoms with Gasteiger partial charge in [-0.25, -0.2) is 8.78 Å². The molecule has 1 aromatic heterocycles. The Kier molecular flexibility index (Phi) is 4.43. The van der Waals surface area contributed by atoms with Crippen molar-refractivity contribution in [3.05, 3.63) is 71.1 Å². The van der Waals surface area contributed by atoms with Crippen LogP contribution in [-0.4, -0.2) is 14.8 Å². The van der Waals surface area contributed by atoms with Crippen LogP contribution in [-0.2, 0) is 5.75 Å². The van der Waals surface area contributed by atoms with E-state index in [9.17, 15) is 8.78 Å². The summed E-state index contributed by atoms with van der Waals surface area (Å²) in [5.41, 5.74) is 2.85. The molecule has 0 saturated carbocycles. The molecule has 0 atom stereocenters. The van der Waals surface area contributed by atoms with Crippen LogP contribution in [0, 0.1) is 25.5 Å². The van der Waals surface area contributed by atoms with Crippen LogP contribution < -0.4 is 0 Å². The molecule has 0 fully saturated rings. The number of aryl methyl sites for hydroxylation is 2. The number of thioether (sulfide) groups is 1. The van der Waals surface area contributed by atoms with Crippen molar-refractivity contribution in [2.24, 2.45) is 0 Å². The van der Waals surface area contributed by atoms with Gasteiger partial charge in [-0.2, -0.15) is 0 Å². The first-order valence-electron chi connectivity index (χ1n) is 7.10. The maximum atomic E-state index is 13.3. The minimum atomic E-state index is -0.836. The van der Waals surface area contributed by atoms with Crippen molar-refractivity contribution in [1.82, 2.24) is 14.8 Å². The molecule has 1 heterocycles. The van der Waals surface area contributed by atoms with Gasteiger partial charge >= 0.3 is 0 Å². The predicted octanol–water partition coefficient (Wildman–Crippen LogP) is 4.45. The van der Waals surface area contributed by atoms with Crippen LogP contribution >= 0.6 is 11.8 Å². The molecule has 0 unspecified atom stereocenters. The standard InChI is InChI=1S/C17H15F2N3S/c1-11-3-6-14(7-4-11)22-12(2)20-21-17(22)23-10-13-5-8-15(18)16(19)9-13/h3-9H,10H2,1-2H3. The number of hydrogen-bond acceptors (Lipinski definition) is 3. The SMILES string of the molecule is Cc1ccc(-n2c(C)nnc2SCc2ccc(F)c(F)c2)cc1. The first-order chi connectivity index (χ1) is 11.0. The van der Waals surface area contributed by atoms with E-state index >= 15 is 0 Å². The first-order valence-corrected chi connectivity index (χ1v) is 8.09. The van der Waals surface area contributed by atoms with Gasteiger partial charge in [-0.1, -0.05) is 35.5 Å². The van der Waals surface area contributed by atoms with E-state index in [0.29, 0.717) is 11.3 Å². The van der Waals surface area contributed by atoms with E-state index < -0.39 is 11.6 Å². The lowest BCUT2D eigenvalue weighted by atomic mass is 10.2. The molecule has 0 aliphatic rings. The van der Waals surface area contributed by atoms with Gasteiger partial charge in [0.05, 0.1) is 0 Å². The number of nitrogens with zero attached hydrogens (tertiary/aromatic N) is 3. The van der Waals surface area contributed by atoms with Gasteiger partial charge in [-0.15, -0.1) is 10.2 Å². The fraction of sp³-hybridized carbons (Fsp3) is 0.176. The second-order valence-electron chi connectivity index (χ2n) is 5.24. The number of benzene rings is 2. The number of aromatic nitrogens is 3. The van der Waals surface area contributed by atoms with Gasteiger partial charge in [0.1, 0.15) is 5.82 Å². The molecule has 0 N–H and O–H groups in total. The zero-order valence-corrected chi connectivity index (χ0v) is 13.6. The average Bonchev–Trinajstić information content (AvgIpc) is 2.90. The van der Waals surface area contributed by atoms with Gasteiger partial charge < -0.3 is 0 Å². The van der Waals surface area contributed by atoms with Crippen LogP contribution in [0.2, 0.25) is 0 Å². The zero-order chi connectivity index (χ0) is 16.4. The molecule has 0 bridgehead atoms. The normalized spacial score (nSPS) is 11.0. The monoisotopic (exact) mass is 331 g/mol. The fourth-order valence-electron chi connectivity index (χ4n) is 2.20. The third kappa shape index (κ3) is 3.42. The van der Waals surface area contributed by atoms with Crippen molar-refractivity contribution >= 4 is 11.8 Å². The van der Waals surface area contributed by atoms with Crippen LogP contribution in [0.25, 0.3) is 5.69 Å². The highest BCUT2D eigenvalue weighted by atomic mass is 32.2. The van der Waals surface area contributed by atoms with Crippen molar-refractivity contribution in [1.29, 1.82) is 0 Å². The molecule has 0 radical (unpaired) electrons. The van der Waals surface area contributed by atoms with Gasteiger partial charge in [0.2, 0.25) is 0 Å². The lowest BCUT2D eigenvalue weighted by Gasteiger charge is -2.09. The van der Waals surface area contributed by atoms with E-state index in [-0.39, 0.29) is 0 Å². The Hall–Kier alpha value is -2.21. The Labute approximate surface area is 137 Å². The molecule has 118 valence electrons. The second kappa shape index (κ2) is 6.50. The van der Waals surface area contributed by atoms with Gasteiger partial charge in [-0.3, -0.25) is 4.57 Å². The van der Waals surface area contributed by atoms with Crippen molar-refractivity contribution in [2.75, 3.05) is 0 Å². The van der Waals surface area contributed by atoms with E-state index in [1.54, 1.807) is 6.07 Å². The summed E-state index contributed by atoms with van der Waals surface area (Å²) in [7, 11) is 0. The van der Waals surface area contributed by atoms with Gasteiger partial charge in [-0.05, 0) is 43.7 Å². The Morgan fingerprint density at radius 3 is 2.39 bits per heavy atom. The summed E-state index contributed by atoms with van der Waals surface area (Å²) in [6.45, 7) is 3.91. The molecule has 3 nitrogen and oxygen atoms in total. The zero-order valence-electron chi connectivity index (χ0n) is 12.8. The second-order valence-corrected chi connectivity index (χ2v) is 6.18. The molecule has 0 amide bonds. The number of hydrogen-bond donors (Lipinski definition) is 0. The summed E-state index contributed by atoms with van der Waals surface area (Å²) in [6.07, 6.45) is 0. The molecule has 0 saturated heterocycles. The van der Waals surface area contributed by atoms with Crippen LogP contribution in [0.15, 0.2) is 47.6 Å². The summed E-state index contributed by atoms with van der Waals surface area (Å²) in [5.74, 6) is -0.403. The molecule has 3 rings (SSSR count).